The molecule has 1 unspecified atom stereocenters. The van der Waals surface area contributed by atoms with Gasteiger partial charge in [0.2, 0.25) is 0 Å². The molecule has 13 heavy (non-hydrogen) atoms. The van der Waals surface area contributed by atoms with E-state index in [-0.39, 0.29) is 24.5 Å². The van der Waals surface area contributed by atoms with Gasteiger partial charge in [-0.1, -0.05) is 6.92 Å². The first-order chi connectivity index (χ1) is 6.05. The Morgan fingerprint density at radius 1 is 1.46 bits per heavy atom. The minimum atomic E-state index is -3.01. The van der Waals surface area contributed by atoms with E-state index in [1.165, 1.54) is 0 Å². The van der Waals surface area contributed by atoms with E-state index < -0.39 is 15.8 Å². The third kappa shape index (κ3) is 5.61. The summed E-state index contributed by atoms with van der Waals surface area (Å²) in [5.41, 5.74) is 0. The standard InChI is InChI=1S/C8H15NO3S/c1-2-4-13(11,12)5-3-8(6-9)7-10/h8,10H,2-5,7H2,1H3. The Balaban J connectivity index is 3.95. The van der Waals surface area contributed by atoms with Crippen LogP contribution in [0, 0.1) is 17.2 Å². The molecular formula is C8H15NO3S. The highest BCUT2D eigenvalue weighted by Gasteiger charge is 2.13. The monoisotopic (exact) mass is 205 g/mol. The molecule has 1 N–H and O–H groups in total. The molecule has 0 saturated heterocycles. The third-order valence-electron chi connectivity index (χ3n) is 1.70. The van der Waals surface area contributed by atoms with Crippen molar-refractivity contribution in [3.05, 3.63) is 0 Å². The van der Waals surface area contributed by atoms with Crippen LogP contribution in [0.3, 0.4) is 0 Å². The van der Waals surface area contributed by atoms with Crippen LogP contribution in [0.25, 0.3) is 0 Å². The largest absolute Gasteiger partial charge is 0.395 e. The van der Waals surface area contributed by atoms with E-state index in [1.807, 2.05) is 6.07 Å². The Labute approximate surface area is 79.1 Å². The number of sulfone groups is 1. The Hall–Kier alpha value is -0.600. The lowest BCUT2D eigenvalue weighted by molar-refractivity contribution is 0.253. The highest BCUT2D eigenvalue weighted by atomic mass is 32.2. The molecule has 0 aliphatic rings. The molecule has 0 heterocycles. The maximum atomic E-state index is 11.2. The van der Waals surface area contributed by atoms with Gasteiger partial charge in [-0.15, -0.1) is 0 Å². The number of hydrogen-bond acceptors (Lipinski definition) is 4. The van der Waals surface area contributed by atoms with Crippen LogP contribution in [0.5, 0.6) is 0 Å². The molecule has 0 bridgehead atoms. The van der Waals surface area contributed by atoms with Crippen LogP contribution < -0.4 is 0 Å². The van der Waals surface area contributed by atoms with Crippen molar-refractivity contribution >= 4 is 9.84 Å². The molecule has 0 aromatic rings. The molecule has 0 amide bonds. The molecule has 0 aromatic heterocycles. The second-order valence-corrected chi connectivity index (χ2v) is 5.25. The number of nitrogens with zero attached hydrogens (tertiary/aromatic N) is 1. The zero-order valence-corrected chi connectivity index (χ0v) is 8.55. The molecule has 0 aliphatic carbocycles. The van der Waals surface area contributed by atoms with Gasteiger partial charge >= 0.3 is 0 Å². The number of nitriles is 1. The fourth-order valence-electron chi connectivity index (χ4n) is 0.932. The number of aliphatic hydroxyl groups excluding tert-OH is 1. The summed E-state index contributed by atoms with van der Waals surface area (Å²) in [7, 11) is -3.01. The van der Waals surface area contributed by atoms with E-state index in [4.69, 9.17) is 10.4 Å². The second kappa shape index (κ2) is 5.95. The van der Waals surface area contributed by atoms with Crippen molar-refractivity contribution in [1.82, 2.24) is 0 Å². The zero-order valence-electron chi connectivity index (χ0n) is 7.73. The Bertz CT molecular complexity index is 266. The summed E-state index contributed by atoms with van der Waals surface area (Å²) in [4.78, 5) is 0. The van der Waals surface area contributed by atoms with E-state index in [1.54, 1.807) is 6.92 Å². The fraction of sp³-hybridized carbons (Fsp3) is 0.875. The summed E-state index contributed by atoms with van der Waals surface area (Å²) < 4.78 is 22.4. The van der Waals surface area contributed by atoms with Crippen LogP contribution in [0.1, 0.15) is 19.8 Å². The van der Waals surface area contributed by atoms with Crippen LogP contribution in [0.4, 0.5) is 0 Å². The molecule has 0 saturated carbocycles. The van der Waals surface area contributed by atoms with E-state index in [0.29, 0.717) is 6.42 Å². The predicted octanol–water partition coefficient (Wildman–Crippen LogP) is 0.333. The summed E-state index contributed by atoms with van der Waals surface area (Å²) >= 11 is 0. The molecule has 0 rings (SSSR count). The van der Waals surface area contributed by atoms with Crippen molar-refractivity contribution in [2.45, 2.75) is 19.8 Å². The summed E-state index contributed by atoms with van der Waals surface area (Å²) in [6, 6.07) is 1.85. The van der Waals surface area contributed by atoms with Gasteiger partial charge < -0.3 is 5.11 Å². The lowest BCUT2D eigenvalue weighted by Crippen LogP contribution is -2.15. The molecule has 1 atom stereocenters. The van der Waals surface area contributed by atoms with Crippen molar-refractivity contribution < 1.29 is 13.5 Å². The van der Waals surface area contributed by atoms with Crippen molar-refractivity contribution in [1.29, 1.82) is 5.26 Å². The van der Waals surface area contributed by atoms with Gasteiger partial charge in [0, 0.05) is 5.75 Å². The van der Waals surface area contributed by atoms with Gasteiger partial charge in [-0.3, -0.25) is 0 Å². The highest BCUT2D eigenvalue weighted by Crippen LogP contribution is 2.04. The maximum absolute atomic E-state index is 11.2. The average molecular weight is 205 g/mol. The summed E-state index contributed by atoms with van der Waals surface area (Å²) in [6.07, 6.45) is 0.827. The summed E-state index contributed by atoms with van der Waals surface area (Å²) in [5, 5.41) is 17.1. The smallest absolute Gasteiger partial charge is 0.150 e. The first-order valence-electron chi connectivity index (χ1n) is 4.26. The molecule has 0 spiro atoms. The quantitative estimate of drug-likeness (QED) is 0.678. The topological polar surface area (TPSA) is 78.2 Å². The summed E-state index contributed by atoms with van der Waals surface area (Å²) in [5.74, 6) is -0.387. The van der Waals surface area contributed by atoms with Gasteiger partial charge in [0.15, 0.2) is 0 Å². The van der Waals surface area contributed by atoms with Crippen molar-refractivity contribution in [3.63, 3.8) is 0 Å². The van der Waals surface area contributed by atoms with Crippen LogP contribution >= 0.6 is 0 Å². The SMILES string of the molecule is CCCS(=O)(=O)CCC(C#N)CO. The molecule has 5 heteroatoms. The van der Waals surface area contributed by atoms with Gasteiger partial charge in [-0.2, -0.15) is 5.26 Å². The van der Waals surface area contributed by atoms with E-state index in [9.17, 15) is 8.42 Å². The van der Waals surface area contributed by atoms with Crippen LogP contribution in [0.15, 0.2) is 0 Å². The molecule has 4 nitrogen and oxygen atoms in total. The van der Waals surface area contributed by atoms with E-state index in [0.717, 1.165) is 0 Å². The molecule has 0 aliphatic heterocycles. The third-order valence-corrected chi connectivity index (χ3v) is 3.58. The van der Waals surface area contributed by atoms with Gasteiger partial charge in [-0.25, -0.2) is 8.42 Å². The first-order valence-corrected chi connectivity index (χ1v) is 6.08. The van der Waals surface area contributed by atoms with Gasteiger partial charge in [0.05, 0.1) is 24.3 Å². The summed E-state index contributed by atoms with van der Waals surface area (Å²) in [6.45, 7) is 1.53. The maximum Gasteiger partial charge on any atom is 0.150 e. The molecule has 0 radical (unpaired) electrons. The fourth-order valence-corrected chi connectivity index (χ4v) is 2.40. The predicted molar refractivity (Wildman–Crippen MR) is 49.8 cm³/mol. The van der Waals surface area contributed by atoms with Crippen molar-refractivity contribution in [2.24, 2.45) is 5.92 Å². The molecular weight excluding hydrogens is 190 g/mol. The number of aliphatic hydroxyl groups is 1. The first kappa shape index (κ1) is 12.4. The lowest BCUT2D eigenvalue weighted by atomic mass is 10.1. The van der Waals surface area contributed by atoms with Crippen LogP contribution in [-0.4, -0.2) is 31.6 Å². The van der Waals surface area contributed by atoms with Gasteiger partial charge in [-0.05, 0) is 12.8 Å². The lowest BCUT2D eigenvalue weighted by Gasteiger charge is -2.05. The zero-order chi connectivity index (χ0) is 10.3. The van der Waals surface area contributed by atoms with Crippen molar-refractivity contribution in [3.8, 4) is 6.07 Å². The van der Waals surface area contributed by atoms with Gasteiger partial charge in [0.25, 0.3) is 0 Å². The van der Waals surface area contributed by atoms with Gasteiger partial charge in [0.1, 0.15) is 9.84 Å². The Morgan fingerprint density at radius 3 is 2.46 bits per heavy atom. The minimum absolute atomic E-state index is 0.000370. The average Bonchev–Trinajstić information content (AvgIpc) is 2.06. The second-order valence-electron chi connectivity index (χ2n) is 2.95. The number of rotatable bonds is 6. The Kier molecular flexibility index (Phi) is 5.67. The molecule has 76 valence electrons. The van der Waals surface area contributed by atoms with Crippen LogP contribution in [-0.2, 0) is 9.84 Å². The van der Waals surface area contributed by atoms with E-state index in [2.05, 4.69) is 0 Å². The highest BCUT2D eigenvalue weighted by molar-refractivity contribution is 7.91. The minimum Gasteiger partial charge on any atom is -0.395 e. The van der Waals surface area contributed by atoms with Crippen molar-refractivity contribution in [2.75, 3.05) is 18.1 Å². The normalized spacial score (nSPS) is 13.6. The molecule has 0 fully saturated rings. The van der Waals surface area contributed by atoms with E-state index >= 15 is 0 Å². The molecule has 0 aromatic carbocycles. The van der Waals surface area contributed by atoms with Crippen LogP contribution in [0.2, 0.25) is 0 Å². The Morgan fingerprint density at radius 2 is 2.08 bits per heavy atom. The number of hydrogen-bond donors (Lipinski definition) is 1.